The molecule has 0 aliphatic rings. The minimum absolute atomic E-state index is 0. The predicted molar refractivity (Wildman–Crippen MR) is 96.6 cm³/mol. The van der Waals surface area contributed by atoms with Crippen molar-refractivity contribution in [2.24, 2.45) is 5.73 Å². The molecule has 1 aromatic carbocycles. The van der Waals surface area contributed by atoms with E-state index in [0.717, 1.165) is 29.2 Å². The molecule has 2 rings (SSSR count). The largest absolute Gasteiger partial charge is 0.494 e. The van der Waals surface area contributed by atoms with E-state index in [-0.39, 0.29) is 18.3 Å². The number of hydrogen-bond acceptors (Lipinski definition) is 5. The van der Waals surface area contributed by atoms with Crippen LogP contribution in [0.5, 0.6) is 5.75 Å². The fourth-order valence-corrected chi connectivity index (χ4v) is 2.63. The number of aromatic nitrogens is 1. The van der Waals surface area contributed by atoms with E-state index in [1.807, 2.05) is 24.3 Å². The molecule has 3 N–H and O–H groups in total. The number of carbonyl (C=O) groups is 1. The zero-order valence-corrected chi connectivity index (χ0v) is 14.7. The van der Waals surface area contributed by atoms with Crippen LogP contribution in [0.2, 0.25) is 0 Å². The molecule has 0 unspecified atom stereocenters. The number of nitrogens with zero attached hydrogens (tertiary/aromatic N) is 1. The van der Waals surface area contributed by atoms with Crippen molar-refractivity contribution in [3.63, 3.8) is 0 Å². The lowest BCUT2D eigenvalue weighted by Crippen LogP contribution is -2.26. The SMILES string of the molecule is CCCOc1ccc(-c2nc(C(=O)NCCCN)cs2)cc1.Cl. The van der Waals surface area contributed by atoms with Crippen molar-refractivity contribution in [3.8, 4) is 16.3 Å². The van der Waals surface area contributed by atoms with E-state index in [1.54, 1.807) is 5.38 Å². The molecule has 0 saturated carbocycles. The van der Waals surface area contributed by atoms with Crippen molar-refractivity contribution >= 4 is 29.7 Å². The average molecular weight is 356 g/mol. The Labute approximate surface area is 146 Å². The molecule has 0 fully saturated rings. The lowest BCUT2D eigenvalue weighted by Gasteiger charge is -2.04. The Kier molecular flexibility index (Phi) is 8.61. The summed E-state index contributed by atoms with van der Waals surface area (Å²) in [6.45, 7) is 3.93. The monoisotopic (exact) mass is 355 g/mol. The zero-order chi connectivity index (χ0) is 15.8. The lowest BCUT2D eigenvalue weighted by molar-refractivity contribution is 0.0949. The molecule has 0 atom stereocenters. The molecule has 1 heterocycles. The first-order valence-electron chi connectivity index (χ1n) is 7.41. The van der Waals surface area contributed by atoms with Gasteiger partial charge in [-0.1, -0.05) is 6.92 Å². The number of nitrogens with two attached hydrogens (primary N) is 1. The molecular weight excluding hydrogens is 334 g/mol. The summed E-state index contributed by atoms with van der Waals surface area (Å²) in [7, 11) is 0. The van der Waals surface area contributed by atoms with Gasteiger partial charge in [-0.2, -0.15) is 0 Å². The minimum atomic E-state index is -0.154. The second kappa shape index (κ2) is 10.2. The Morgan fingerprint density at radius 3 is 2.74 bits per heavy atom. The molecule has 0 saturated heterocycles. The molecule has 5 nitrogen and oxygen atoms in total. The van der Waals surface area contributed by atoms with Crippen LogP contribution < -0.4 is 15.8 Å². The van der Waals surface area contributed by atoms with Crippen molar-refractivity contribution in [2.45, 2.75) is 19.8 Å². The fourth-order valence-electron chi connectivity index (χ4n) is 1.82. The van der Waals surface area contributed by atoms with Crippen molar-refractivity contribution in [3.05, 3.63) is 35.3 Å². The third kappa shape index (κ3) is 5.82. The molecular formula is C16H22ClN3O2S. The molecule has 1 amide bonds. The highest BCUT2D eigenvalue weighted by atomic mass is 35.5. The number of halogens is 1. The number of hydrogen-bond donors (Lipinski definition) is 2. The van der Waals surface area contributed by atoms with Crippen LogP contribution in [0, 0.1) is 0 Å². The van der Waals surface area contributed by atoms with Gasteiger partial charge in [-0.25, -0.2) is 4.98 Å². The van der Waals surface area contributed by atoms with Crippen LogP contribution in [0.25, 0.3) is 10.6 Å². The van der Waals surface area contributed by atoms with Crippen LogP contribution in [0.3, 0.4) is 0 Å². The quantitative estimate of drug-likeness (QED) is 0.713. The third-order valence-electron chi connectivity index (χ3n) is 2.98. The molecule has 0 aliphatic heterocycles. The number of nitrogens with one attached hydrogen (secondary N) is 1. The Bertz CT molecular complexity index is 602. The van der Waals surface area contributed by atoms with Gasteiger partial charge in [-0.15, -0.1) is 23.7 Å². The number of benzene rings is 1. The Morgan fingerprint density at radius 1 is 1.35 bits per heavy atom. The molecule has 0 radical (unpaired) electrons. The zero-order valence-electron chi connectivity index (χ0n) is 13.1. The van der Waals surface area contributed by atoms with Gasteiger partial charge >= 0.3 is 0 Å². The van der Waals surface area contributed by atoms with E-state index in [9.17, 15) is 4.79 Å². The summed E-state index contributed by atoms with van der Waals surface area (Å²) in [5, 5.41) is 5.40. The maximum Gasteiger partial charge on any atom is 0.270 e. The second-order valence-electron chi connectivity index (χ2n) is 4.81. The number of amides is 1. The van der Waals surface area contributed by atoms with Gasteiger partial charge in [0.05, 0.1) is 6.61 Å². The van der Waals surface area contributed by atoms with Gasteiger partial charge in [0.1, 0.15) is 16.5 Å². The molecule has 0 spiro atoms. The van der Waals surface area contributed by atoms with Crippen LogP contribution in [0.4, 0.5) is 0 Å². The second-order valence-corrected chi connectivity index (χ2v) is 5.67. The van der Waals surface area contributed by atoms with E-state index in [1.165, 1.54) is 11.3 Å². The highest BCUT2D eigenvalue weighted by Gasteiger charge is 2.11. The van der Waals surface area contributed by atoms with Crippen molar-refractivity contribution in [2.75, 3.05) is 19.7 Å². The van der Waals surface area contributed by atoms with Gasteiger partial charge in [-0.3, -0.25) is 4.79 Å². The molecule has 23 heavy (non-hydrogen) atoms. The molecule has 2 aromatic rings. The third-order valence-corrected chi connectivity index (χ3v) is 3.87. The van der Waals surface area contributed by atoms with Crippen LogP contribution in [0.1, 0.15) is 30.3 Å². The van der Waals surface area contributed by atoms with Crippen LogP contribution in [-0.2, 0) is 0 Å². The van der Waals surface area contributed by atoms with Gasteiger partial charge in [-0.05, 0) is 43.7 Å². The minimum Gasteiger partial charge on any atom is -0.494 e. The summed E-state index contributed by atoms with van der Waals surface area (Å²) in [4.78, 5) is 16.3. The summed E-state index contributed by atoms with van der Waals surface area (Å²) < 4.78 is 5.55. The predicted octanol–water partition coefficient (Wildman–Crippen LogP) is 3.10. The topological polar surface area (TPSA) is 77.2 Å². The lowest BCUT2D eigenvalue weighted by atomic mass is 10.2. The number of carbonyl (C=O) groups excluding carboxylic acids is 1. The van der Waals surface area contributed by atoms with E-state index in [2.05, 4.69) is 17.2 Å². The van der Waals surface area contributed by atoms with E-state index in [4.69, 9.17) is 10.5 Å². The van der Waals surface area contributed by atoms with Gasteiger partial charge in [0.2, 0.25) is 0 Å². The summed E-state index contributed by atoms with van der Waals surface area (Å²) in [6, 6.07) is 7.76. The van der Waals surface area contributed by atoms with E-state index < -0.39 is 0 Å². The number of rotatable bonds is 8. The highest BCUT2D eigenvalue weighted by molar-refractivity contribution is 7.13. The molecule has 7 heteroatoms. The van der Waals surface area contributed by atoms with Crippen molar-refractivity contribution in [1.82, 2.24) is 10.3 Å². The number of ether oxygens (including phenoxy) is 1. The summed E-state index contributed by atoms with van der Waals surface area (Å²) in [5.41, 5.74) is 6.83. The van der Waals surface area contributed by atoms with Crippen LogP contribution in [0.15, 0.2) is 29.6 Å². The molecule has 1 aromatic heterocycles. The standard InChI is InChI=1S/C16H21N3O2S.ClH/c1-2-10-21-13-6-4-12(5-7-13)16-19-14(11-22-16)15(20)18-9-3-8-17;/h4-7,11H,2-3,8-10,17H2,1H3,(H,18,20);1H. The van der Waals surface area contributed by atoms with Crippen LogP contribution >= 0.6 is 23.7 Å². The van der Waals surface area contributed by atoms with Gasteiger partial charge in [0, 0.05) is 17.5 Å². The van der Waals surface area contributed by atoms with Crippen molar-refractivity contribution in [1.29, 1.82) is 0 Å². The van der Waals surface area contributed by atoms with Crippen molar-refractivity contribution < 1.29 is 9.53 Å². The maximum atomic E-state index is 11.9. The summed E-state index contributed by atoms with van der Waals surface area (Å²) in [6.07, 6.45) is 1.75. The van der Waals surface area contributed by atoms with Crippen LogP contribution in [-0.4, -0.2) is 30.6 Å². The first-order valence-corrected chi connectivity index (χ1v) is 8.29. The maximum absolute atomic E-state index is 11.9. The normalized spacial score (nSPS) is 10.0. The smallest absolute Gasteiger partial charge is 0.270 e. The average Bonchev–Trinajstić information content (AvgIpc) is 3.03. The Hall–Kier alpha value is -1.63. The van der Waals surface area contributed by atoms with Gasteiger partial charge in [0.25, 0.3) is 5.91 Å². The van der Waals surface area contributed by atoms with Gasteiger partial charge in [0.15, 0.2) is 0 Å². The Balaban J connectivity index is 0.00000264. The fraction of sp³-hybridized carbons (Fsp3) is 0.375. The van der Waals surface area contributed by atoms with E-state index >= 15 is 0 Å². The first-order chi connectivity index (χ1) is 10.7. The highest BCUT2D eigenvalue weighted by Crippen LogP contribution is 2.25. The first kappa shape index (κ1) is 19.4. The number of thiazole rings is 1. The summed E-state index contributed by atoms with van der Waals surface area (Å²) in [5.74, 6) is 0.695. The molecule has 0 aliphatic carbocycles. The van der Waals surface area contributed by atoms with Gasteiger partial charge < -0.3 is 15.8 Å². The molecule has 0 bridgehead atoms. The van der Waals surface area contributed by atoms with E-state index in [0.29, 0.717) is 25.4 Å². The summed E-state index contributed by atoms with van der Waals surface area (Å²) >= 11 is 1.46. The Morgan fingerprint density at radius 2 is 2.09 bits per heavy atom. The molecule has 126 valence electrons.